The van der Waals surface area contributed by atoms with E-state index in [0.29, 0.717) is 40.0 Å². The molecule has 0 atom stereocenters. The van der Waals surface area contributed by atoms with Gasteiger partial charge in [-0.2, -0.15) is 9.50 Å². The Labute approximate surface area is 201 Å². The predicted molar refractivity (Wildman–Crippen MR) is 134 cm³/mol. The van der Waals surface area contributed by atoms with E-state index in [2.05, 4.69) is 30.9 Å². The monoisotopic (exact) mass is 474 g/mol. The van der Waals surface area contributed by atoms with Crippen molar-refractivity contribution in [3.05, 3.63) is 69.0 Å². The first-order chi connectivity index (χ1) is 16.5. The number of benzene rings is 2. The van der Waals surface area contributed by atoms with Crippen LogP contribution >= 0.6 is 11.3 Å². The van der Waals surface area contributed by atoms with E-state index in [0.717, 1.165) is 35.4 Å². The molecule has 34 heavy (non-hydrogen) atoms. The van der Waals surface area contributed by atoms with Crippen LogP contribution in [0.1, 0.15) is 39.2 Å². The van der Waals surface area contributed by atoms with Gasteiger partial charge in [0.05, 0.1) is 17.9 Å². The number of carbonyl (C=O) groups is 1. The number of para-hydroxylation sites is 1. The number of amides is 1. The Balaban J connectivity index is 1.53. The van der Waals surface area contributed by atoms with E-state index in [4.69, 9.17) is 4.74 Å². The fourth-order valence-electron chi connectivity index (χ4n) is 4.01. The molecule has 174 valence electrons. The fraction of sp³-hybridized carbons (Fsp3) is 0.308. The molecule has 1 aliphatic heterocycles. The highest BCUT2D eigenvalue weighted by molar-refractivity contribution is 7.15. The van der Waals surface area contributed by atoms with Crippen LogP contribution in [-0.2, 0) is 4.79 Å². The molecule has 0 aliphatic carbocycles. The van der Waals surface area contributed by atoms with Crippen molar-refractivity contribution in [3.63, 3.8) is 0 Å². The first kappa shape index (κ1) is 22.3. The number of ether oxygens (including phenoxy) is 1. The van der Waals surface area contributed by atoms with Crippen LogP contribution in [-0.4, -0.2) is 33.7 Å². The lowest BCUT2D eigenvalue weighted by Crippen LogP contribution is -2.33. The SMILES string of the molecule is CCCCN1C(=O)/C(=c2\sc3nc(-c4ccc(OCC(C)C)cc4)nn3c2=O)c2ccccc21. The molecule has 1 amide bonds. The summed E-state index contributed by atoms with van der Waals surface area (Å²) in [4.78, 5) is 33.5. The zero-order valence-corrected chi connectivity index (χ0v) is 20.3. The normalized spacial score (nSPS) is 14.9. The van der Waals surface area contributed by atoms with Gasteiger partial charge in [0.1, 0.15) is 10.3 Å². The van der Waals surface area contributed by atoms with E-state index in [-0.39, 0.29) is 11.5 Å². The standard InChI is InChI=1S/C26H26N4O3S/c1-4-5-14-29-20-9-7-6-8-19(20)21(24(29)31)22-25(32)30-26(34-22)27-23(28-30)17-10-12-18(13-11-17)33-15-16(2)3/h6-13,16H,4-5,14-15H2,1-3H3/b22-21-. The molecule has 1 aliphatic rings. The Morgan fingerprint density at radius 1 is 1.06 bits per heavy atom. The molecule has 0 bridgehead atoms. The number of fused-ring (bicyclic) bond motifs is 2. The zero-order valence-electron chi connectivity index (χ0n) is 19.4. The van der Waals surface area contributed by atoms with Crippen molar-refractivity contribution in [1.29, 1.82) is 0 Å². The molecule has 3 heterocycles. The summed E-state index contributed by atoms with van der Waals surface area (Å²) in [6.45, 7) is 7.58. The number of anilines is 1. The van der Waals surface area contributed by atoms with Gasteiger partial charge < -0.3 is 9.64 Å². The average Bonchev–Trinajstić information content (AvgIpc) is 3.47. The second-order valence-corrected chi connectivity index (χ2v) is 9.78. The maximum absolute atomic E-state index is 13.3. The van der Waals surface area contributed by atoms with Gasteiger partial charge in [-0.3, -0.25) is 9.59 Å². The lowest BCUT2D eigenvalue weighted by molar-refractivity contribution is -0.113. The Kier molecular flexibility index (Phi) is 5.91. The smallest absolute Gasteiger partial charge is 0.291 e. The molecular formula is C26H26N4O3S. The highest BCUT2D eigenvalue weighted by Gasteiger charge is 2.33. The molecule has 0 saturated heterocycles. The van der Waals surface area contributed by atoms with Crippen molar-refractivity contribution in [1.82, 2.24) is 14.6 Å². The highest BCUT2D eigenvalue weighted by atomic mass is 32.1. The number of rotatable bonds is 7. The van der Waals surface area contributed by atoms with Crippen LogP contribution in [0.3, 0.4) is 0 Å². The zero-order chi connectivity index (χ0) is 23.8. The Morgan fingerprint density at radius 2 is 1.82 bits per heavy atom. The molecule has 4 aromatic rings. The molecule has 8 heteroatoms. The second-order valence-electron chi connectivity index (χ2n) is 8.80. The summed E-state index contributed by atoms with van der Waals surface area (Å²) in [5.74, 6) is 1.57. The number of thiazole rings is 1. The van der Waals surface area contributed by atoms with Gasteiger partial charge in [-0.25, -0.2) is 0 Å². The number of unbranched alkanes of at least 4 members (excludes halogenated alkanes) is 1. The third-order valence-corrected chi connectivity index (χ3v) is 6.77. The van der Waals surface area contributed by atoms with E-state index in [1.807, 2.05) is 48.5 Å². The minimum absolute atomic E-state index is 0.131. The number of aromatic nitrogens is 3. The molecule has 0 N–H and O–H groups in total. The lowest BCUT2D eigenvalue weighted by Gasteiger charge is -2.16. The number of hydrogen-bond acceptors (Lipinski definition) is 6. The third kappa shape index (κ3) is 3.88. The molecular weight excluding hydrogens is 448 g/mol. The number of nitrogens with zero attached hydrogens (tertiary/aromatic N) is 4. The van der Waals surface area contributed by atoms with Gasteiger partial charge in [0.2, 0.25) is 4.96 Å². The maximum Gasteiger partial charge on any atom is 0.291 e. The topological polar surface area (TPSA) is 76.8 Å². The van der Waals surface area contributed by atoms with Crippen LogP contribution in [0.15, 0.2) is 53.3 Å². The van der Waals surface area contributed by atoms with Crippen LogP contribution in [0.2, 0.25) is 0 Å². The first-order valence-electron chi connectivity index (χ1n) is 11.6. The Hall–Kier alpha value is -3.52. The van der Waals surface area contributed by atoms with Gasteiger partial charge in [-0.15, -0.1) is 5.10 Å². The first-order valence-corrected chi connectivity index (χ1v) is 12.4. The summed E-state index contributed by atoms with van der Waals surface area (Å²) in [5, 5.41) is 4.45. The minimum Gasteiger partial charge on any atom is -0.493 e. The number of hydrogen-bond donors (Lipinski definition) is 0. The van der Waals surface area contributed by atoms with E-state index >= 15 is 0 Å². The van der Waals surface area contributed by atoms with Gasteiger partial charge in [-0.1, -0.05) is 56.7 Å². The summed E-state index contributed by atoms with van der Waals surface area (Å²) >= 11 is 1.21. The second kappa shape index (κ2) is 9.02. The van der Waals surface area contributed by atoms with E-state index < -0.39 is 0 Å². The molecule has 7 nitrogen and oxygen atoms in total. The van der Waals surface area contributed by atoms with Crippen molar-refractivity contribution in [2.24, 2.45) is 5.92 Å². The van der Waals surface area contributed by atoms with Crippen molar-refractivity contribution in [2.75, 3.05) is 18.1 Å². The third-order valence-electron chi connectivity index (χ3n) is 5.74. The van der Waals surface area contributed by atoms with Crippen molar-refractivity contribution in [3.8, 4) is 17.1 Å². The van der Waals surface area contributed by atoms with Gasteiger partial charge in [-0.05, 0) is 42.7 Å². The molecule has 2 aromatic carbocycles. The summed E-state index contributed by atoms with van der Waals surface area (Å²) in [5.41, 5.74) is 2.58. The van der Waals surface area contributed by atoms with Crippen LogP contribution in [0.4, 0.5) is 5.69 Å². The molecule has 5 rings (SSSR count). The molecule has 0 fully saturated rings. The molecule has 0 spiro atoms. The van der Waals surface area contributed by atoms with Crippen molar-refractivity contribution in [2.45, 2.75) is 33.6 Å². The fourth-order valence-corrected chi connectivity index (χ4v) is 5.01. The van der Waals surface area contributed by atoms with Crippen molar-refractivity contribution >= 4 is 33.5 Å². The summed E-state index contributed by atoms with van der Waals surface area (Å²) in [6, 6.07) is 15.2. The predicted octanol–water partition coefficient (Wildman–Crippen LogP) is 3.92. The molecule has 0 radical (unpaired) electrons. The average molecular weight is 475 g/mol. The van der Waals surface area contributed by atoms with Gasteiger partial charge in [0.25, 0.3) is 11.5 Å². The van der Waals surface area contributed by atoms with Gasteiger partial charge in [0.15, 0.2) is 5.82 Å². The van der Waals surface area contributed by atoms with E-state index in [1.54, 1.807) is 4.90 Å². The van der Waals surface area contributed by atoms with Gasteiger partial charge in [0, 0.05) is 17.7 Å². The quantitative estimate of drug-likeness (QED) is 0.406. The van der Waals surface area contributed by atoms with Crippen LogP contribution < -0.4 is 19.7 Å². The molecule has 0 saturated carbocycles. The number of carbonyl (C=O) groups excluding carboxylic acids is 1. The van der Waals surface area contributed by atoms with E-state index in [1.165, 1.54) is 15.9 Å². The summed E-state index contributed by atoms with van der Waals surface area (Å²) < 4.78 is 7.42. The highest BCUT2D eigenvalue weighted by Crippen LogP contribution is 2.35. The molecule has 2 aromatic heterocycles. The van der Waals surface area contributed by atoms with Crippen molar-refractivity contribution < 1.29 is 9.53 Å². The Bertz CT molecular complexity index is 1470. The lowest BCUT2D eigenvalue weighted by atomic mass is 10.1. The maximum atomic E-state index is 13.3. The minimum atomic E-state index is -0.314. The summed E-state index contributed by atoms with van der Waals surface area (Å²) in [6.07, 6.45) is 1.88. The Morgan fingerprint density at radius 3 is 2.53 bits per heavy atom. The van der Waals surface area contributed by atoms with Crippen LogP contribution in [0.25, 0.3) is 21.9 Å². The van der Waals surface area contributed by atoms with Crippen LogP contribution in [0, 0.1) is 5.92 Å². The van der Waals surface area contributed by atoms with E-state index in [9.17, 15) is 9.59 Å². The van der Waals surface area contributed by atoms with Crippen LogP contribution in [0.5, 0.6) is 5.75 Å². The summed E-state index contributed by atoms with van der Waals surface area (Å²) in [7, 11) is 0. The molecule has 0 unspecified atom stereocenters. The van der Waals surface area contributed by atoms with Gasteiger partial charge >= 0.3 is 0 Å². The largest absolute Gasteiger partial charge is 0.493 e.